The molecule has 2 rings (SSSR count). The summed E-state index contributed by atoms with van der Waals surface area (Å²) in [5.41, 5.74) is 0. The maximum Gasteiger partial charge on any atom is 0.155 e. The molecule has 1 heterocycles. The summed E-state index contributed by atoms with van der Waals surface area (Å²) >= 11 is 6.87. The summed E-state index contributed by atoms with van der Waals surface area (Å²) < 4.78 is 7.53. The first kappa shape index (κ1) is 10.6. The Morgan fingerprint density at radius 2 is 1.53 bits per heavy atom. The van der Waals surface area contributed by atoms with Crippen molar-refractivity contribution in [3.8, 4) is 11.5 Å². The first-order chi connectivity index (χ1) is 7.27. The highest BCUT2D eigenvalue weighted by Crippen LogP contribution is 2.36. The lowest BCUT2D eigenvalue weighted by Gasteiger charge is -2.08. The molecule has 4 heteroatoms. The molecule has 2 aromatic rings. The number of ether oxygens (including phenoxy) is 1. The predicted octanol–water partition coefficient (Wildman–Crippen LogP) is 4.40. The summed E-state index contributed by atoms with van der Waals surface area (Å²) in [4.78, 5) is 3.93. The topological polar surface area (TPSA) is 22.1 Å². The molecule has 0 aliphatic rings. The molecule has 1 aromatic heterocycles. The molecule has 0 aliphatic heterocycles. The van der Waals surface area contributed by atoms with Crippen molar-refractivity contribution in [2.45, 2.75) is 0 Å². The van der Waals surface area contributed by atoms with Crippen LogP contribution < -0.4 is 4.74 Å². The fourth-order valence-corrected chi connectivity index (χ4v) is 2.26. The van der Waals surface area contributed by atoms with Crippen molar-refractivity contribution >= 4 is 31.9 Å². The molecular weight excluding hydrogens is 322 g/mol. The van der Waals surface area contributed by atoms with Gasteiger partial charge in [0.2, 0.25) is 0 Å². The number of hydrogen-bond donors (Lipinski definition) is 0. The first-order valence-electron chi connectivity index (χ1n) is 4.29. The van der Waals surface area contributed by atoms with Gasteiger partial charge in [0.15, 0.2) is 5.75 Å². The largest absolute Gasteiger partial charge is 0.455 e. The molecule has 0 aliphatic carbocycles. The Labute approximate surface area is 105 Å². The van der Waals surface area contributed by atoms with Crippen LogP contribution in [-0.2, 0) is 0 Å². The molecule has 76 valence electrons. The van der Waals surface area contributed by atoms with Crippen molar-refractivity contribution in [3.63, 3.8) is 0 Å². The highest BCUT2D eigenvalue weighted by molar-refractivity contribution is 9.11. The highest BCUT2D eigenvalue weighted by Gasteiger charge is 2.06. The summed E-state index contributed by atoms with van der Waals surface area (Å²) in [6.07, 6.45) is 3.39. The summed E-state index contributed by atoms with van der Waals surface area (Å²) in [5, 5.41) is 0. The van der Waals surface area contributed by atoms with Gasteiger partial charge in [-0.25, -0.2) is 0 Å². The fraction of sp³-hybridized carbons (Fsp3) is 0. The van der Waals surface area contributed by atoms with Crippen LogP contribution in [0, 0.1) is 0 Å². The second-order valence-corrected chi connectivity index (χ2v) is 4.54. The smallest absolute Gasteiger partial charge is 0.155 e. The Bertz CT molecular complexity index is 439. The van der Waals surface area contributed by atoms with E-state index < -0.39 is 0 Å². The molecule has 0 saturated carbocycles. The normalized spacial score (nSPS) is 10.0. The van der Waals surface area contributed by atoms with Gasteiger partial charge in [-0.15, -0.1) is 0 Å². The van der Waals surface area contributed by atoms with E-state index in [0.29, 0.717) is 0 Å². The molecule has 0 unspecified atom stereocenters. The molecule has 0 N–H and O–H groups in total. The number of hydrogen-bond acceptors (Lipinski definition) is 2. The zero-order valence-corrected chi connectivity index (χ0v) is 10.8. The number of halogens is 2. The summed E-state index contributed by atoms with van der Waals surface area (Å²) in [5.74, 6) is 1.53. The van der Waals surface area contributed by atoms with Gasteiger partial charge < -0.3 is 4.74 Å². The van der Waals surface area contributed by atoms with Crippen LogP contribution in [-0.4, -0.2) is 4.98 Å². The molecular formula is C11H7Br2NO. The van der Waals surface area contributed by atoms with Crippen LogP contribution in [0.1, 0.15) is 0 Å². The average Bonchev–Trinajstić information content (AvgIpc) is 2.25. The Hall–Kier alpha value is -0.870. The minimum Gasteiger partial charge on any atom is -0.455 e. The molecule has 2 nitrogen and oxygen atoms in total. The quantitative estimate of drug-likeness (QED) is 0.815. The second-order valence-electron chi connectivity index (χ2n) is 2.84. The lowest BCUT2D eigenvalue weighted by molar-refractivity contribution is 0.476. The minimum atomic E-state index is 0.762. The van der Waals surface area contributed by atoms with Crippen molar-refractivity contribution in [1.82, 2.24) is 4.98 Å². The van der Waals surface area contributed by atoms with E-state index in [1.165, 1.54) is 0 Å². The SMILES string of the molecule is Brc1cccc(Br)c1Oc1ccncc1. The van der Waals surface area contributed by atoms with Crippen molar-refractivity contribution in [2.75, 3.05) is 0 Å². The van der Waals surface area contributed by atoms with Crippen LogP contribution in [0.3, 0.4) is 0 Å². The second kappa shape index (κ2) is 4.77. The first-order valence-corrected chi connectivity index (χ1v) is 5.88. The van der Waals surface area contributed by atoms with E-state index in [0.717, 1.165) is 20.4 Å². The molecule has 0 spiro atoms. The Morgan fingerprint density at radius 3 is 2.13 bits per heavy atom. The van der Waals surface area contributed by atoms with Gasteiger partial charge in [0.05, 0.1) is 8.95 Å². The third kappa shape index (κ3) is 2.58. The number of rotatable bonds is 2. The molecule has 1 aromatic carbocycles. The van der Waals surface area contributed by atoms with E-state index in [2.05, 4.69) is 36.8 Å². The lowest BCUT2D eigenvalue weighted by atomic mass is 10.3. The van der Waals surface area contributed by atoms with E-state index in [1.807, 2.05) is 30.3 Å². The summed E-state index contributed by atoms with van der Waals surface area (Å²) in [7, 11) is 0. The number of benzene rings is 1. The molecule has 0 radical (unpaired) electrons. The van der Waals surface area contributed by atoms with Gasteiger partial charge in [-0.05, 0) is 56.1 Å². The van der Waals surface area contributed by atoms with Crippen molar-refractivity contribution in [2.24, 2.45) is 0 Å². The van der Waals surface area contributed by atoms with Crippen molar-refractivity contribution in [1.29, 1.82) is 0 Å². The van der Waals surface area contributed by atoms with E-state index in [1.54, 1.807) is 12.4 Å². The van der Waals surface area contributed by atoms with Crippen LogP contribution in [0.2, 0.25) is 0 Å². The molecule has 0 saturated heterocycles. The highest BCUT2D eigenvalue weighted by atomic mass is 79.9. The van der Waals surface area contributed by atoms with Gasteiger partial charge in [-0.2, -0.15) is 0 Å². The van der Waals surface area contributed by atoms with Crippen LogP contribution in [0.15, 0.2) is 51.7 Å². The number of para-hydroxylation sites is 1. The third-order valence-electron chi connectivity index (χ3n) is 1.79. The molecule has 0 atom stereocenters. The van der Waals surface area contributed by atoms with Crippen LogP contribution in [0.4, 0.5) is 0 Å². The average molecular weight is 329 g/mol. The maximum atomic E-state index is 5.71. The summed E-state index contributed by atoms with van der Waals surface area (Å²) in [6, 6.07) is 9.42. The predicted molar refractivity (Wildman–Crippen MR) is 66.2 cm³/mol. The monoisotopic (exact) mass is 327 g/mol. The maximum absolute atomic E-state index is 5.71. The number of nitrogens with zero attached hydrogens (tertiary/aromatic N) is 1. The van der Waals surface area contributed by atoms with E-state index in [4.69, 9.17) is 4.74 Å². The standard InChI is InChI=1S/C11H7Br2NO/c12-9-2-1-3-10(13)11(9)15-8-4-6-14-7-5-8/h1-7H. The van der Waals surface area contributed by atoms with Crippen LogP contribution in [0.5, 0.6) is 11.5 Å². The molecule has 0 fully saturated rings. The molecule has 0 amide bonds. The van der Waals surface area contributed by atoms with Gasteiger partial charge in [-0.1, -0.05) is 6.07 Å². The van der Waals surface area contributed by atoms with Gasteiger partial charge in [-0.3, -0.25) is 4.98 Å². The van der Waals surface area contributed by atoms with Gasteiger partial charge in [0, 0.05) is 12.4 Å². The van der Waals surface area contributed by atoms with E-state index >= 15 is 0 Å². The fourth-order valence-electron chi connectivity index (χ4n) is 1.10. The van der Waals surface area contributed by atoms with Crippen molar-refractivity contribution in [3.05, 3.63) is 51.7 Å². The van der Waals surface area contributed by atoms with Crippen LogP contribution >= 0.6 is 31.9 Å². The minimum absolute atomic E-state index is 0.762. The number of pyridine rings is 1. The lowest BCUT2D eigenvalue weighted by Crippen LogP contribution is -1.86. The zero-order valence-electron chi connectivity index (χ0n) is 7.65. The third-order valence-corrected chi connectivity index (χ3v) is 3.04. The van der Waals surface area contributed by atoms with Crippen molar-refractivity contribution < 1.29 is 4.74 Å². The molecule has 15 heavy (non-hydrogen) atoms. The van der Waals surface area contributed by atoms with Crippen LogP contribution in [0.25, 0.3) is 0 Å². The van der Waals surface area contributed by atoms with E-state index in [9.17, 15) is 0 Å². The number of aromatic nitrogens is 1. The molecule has 0 bridgehead atoms. The van der Waals surface area contributed by atoms with E-state index in [-0.39, 0.29) is 0 Å². The Balaban J connectivity index is 2.32. The Morgan fingerprint density at radius 1 is 0.933 bits per heavy atom. The zero-order chi connectivity index (χ0) is 10.7. The van der Waals surface area contributed by atoms with Gasteiger partial charge >= 0.3 is 0 Å². The van der Waals surface area contributed by atoms with Gasteiger partial charge in [0.1, 0.15) is 5.75 Å². The Kier molecular flexibility index (Phi) is 3.38. The summed E-state index contributed by atoms with van der Waals surface area (Å²) in [6.45, 7) is 0. The van der Waals surface area contributed by atoms with Gasteiger partial charge in [0.25, 0.3) is 0 Å².